The summed E-state index contributed by atoms with van der Waals surface area (Å²) in [7, 11) is 0. The van der Waals surface area contributed by atoms with Crippen molar-refractivity contribution in [3.63, 3.8) is 0 Å². The third kappa shape index (κ3) is 1.38. The number of carboxylic acid groups (broad SMARTS) is 1. The highest BCUT2D eigenvalue weighted by Gasteiger charge is 2.27. The Morgan fingerprint density at radius 1 is 1.06 bits per heavy atom. The van der Waals surface area contributed by atoms with Crippen LogP contribution < -0.4 is 5.11 Å². The van der Waals surface area contributed by atoms with E-state index in [1.807, 2.05) is 0 Å². The molecule has 0 amide bonds. The maximum Gasteiger partial charge on any atom is 0.205 e. The third-order valence-corrected chi connectivity index (χ3v) is 2.29. The average molecular weight is 247 g/mol. The Hall–Kier alpha value is -2.05. The lowest BCUT2D eigenvalue weighted by Crippen LogP contribution is -2.23. The lowest BCUT2D eigenvalue weighted by molar-refractivity contribution is -0.254. The van der Waals surface area contributed by atoms with Crippen molar-refractivity contribution in [2.45, 2.75) is 6.92 Å². The van der Waals surface area contributed by atoms with Crippen LogP contribution >= 0.6 is 0 Å². The van der Waals surface area contributed by atoms with Gasteiger partial charge >= 0.3 is 0 Å². The zero-order valence-electron chi connectivity index (χ0n) is 8.24. The van der Waals surface area contributed by atoms with Crippen LogP contribution in [-0.4, -0.2) is 5.97 Å². The molecule has 0 saturated heterocycles. The zero-order chi connectivity index (χ0) is 12.9. The molecule has 0 radical (unpaired) electrons. The molecule has 90 valence electrons. The number of hydrogen-bond acceptors (Lipinski definition) is 3. The molecule has 7 heteroatoms. The number of fused-ring (bicyclic) bond motifs is 1. The van der Waals surface area contributed by atoms with Crippen molar-refractivity contribution >= 4 is 16.9 Å². The van der Waals surface area contributed by atoms with Gasteiger partial charge in [-0.1, -0.05) is 0 Å². The van der Waals surface area contributed by atoms with Crippen LogP contribution in [0.4, 0.5) is 17.6 Å². The van der Waals surface area contributed by atoms with Gasteiger partial charge in [-0.25, -0.2) is 13.2 Å². The third-order valence-electron chi connectivity index (χ3n) is 2.29. The van der Waals surface area contributed by atoms with Crippen LogP contribution in [0.5, 0.6) is 0 Å². The highest BCUT2D eigenvalue weighted by atomic mass is 19.2. The van der Waals surface area contributed by atoms with Crippen LogP contribution in [-0.2, 0) is 0 Å². The molecule has 1 aromatic carbocycles. The molecule has 0 N–H and O–H groups in total. The monoisotopic (exact) mass is 247 g/mol. The molecule has 0 aliphatic rings. The minimum Gasteiger partial charge on any atom is -0.545 e. The molecule has 0 unspecified atom stereocenters. The second kappa shape index (κ2) is 3.47. The van der Waals surface area contributed by atoms with Gasteiger partial charge in [0, 0.05) is 5.56 Å². The standard InChI is InChI=1S/C10H4F4O3/c1-2-3(10(15)16)4-5(11)6(12)7(13)8(14)9(4)17-2/h1H3,(H,15,16)/p-1. The largest absolute Gasteiger partial charge is 0.545 e. The lowest BCUT2D eigenvalue weighted by Gasteiger charge is -2.02. The number of aryl methyl sites for hydroxylation is 1. The summed E-state index contributed by atoms with van der Waals surface area (Å²) in [5.74, 6) is -10.0. The number of hydrogen-bond donors (Lipinski definition) is 0. The smallest absolute Gasteiger partial charge is 0.205 e. The number of benzene rings is 1. The Bertz CT molecular complexity index is 645. The second-order valence-corrected chi connectivity index (χ2v) is 3.28. The van der Waals surface area contributed by atoms with Gasteiger partial charge in [0.1, 0.15) is 5.76 Å². The first-order chi connectivity index (χ1) is 7.86. The molecule has 0 atom stereocenters. The molecule has 0 aliphatic heterocycles. The fourth-order valence-electron chi connectivity index (χ4n) is 1.56. The second-order valence-electron chi connectivity index (χ2n) is 3.28. The van der Waals surface area contributed by atoms with Crippen LogP contribution in [0, 0.1) is 30.2 Å². The molecule has 17 heavy (non-hydrogen) atoms. The molecular weight excluding hydrogens is 244 g/mol. The minimum atomic E-state index is -2.10. The Labute approximate surface area is 91.3 Å². The van der Waals surface area contributed by atoms with Crippen LogP contribution in [0.25, 0.3) is 11.0 Å². The van der Waals surface area contributed by atoms with Gasteiger partial charge in [-0.3, -0.25) is 0 Å². The van der Waals surface area contributed by atoms with Crippen molar-refractivity contribution < 1.29 is 31.9 Å². The molecule has 0 fully saturated rings. The van der Waals surface area contributed by atoms with Gasteiger partial charge in [0.05, 0.1) is 11.4 Å². The Morgan fingerprint density at radius 3 is 2.12 bits per heavy atom. The molecular formula is C10H3F4O3-. The van der Waals surface area contributed by atoms with Gasteiger partial charge in [0.25, 0.3) is 0 Å². The molecule has 0 bridgehead atoms. The highest BCUT2D eigenvalue weighted by molar-refractivity contribution is 6.03. The topological polar surface area (TPSA) is 53.3 Å². The van der Waals surface area contributed by atoms with Crippen molar-refractivity contribution in [1.82, 2.24) is 0 Å². The van der Waals surface area contributed by atoms with Crippen molar-refractivity contribution in [3.05, 3.63) is 34.6 Å². The van der Waals surface area contributed by atoms with E-state index in [2.05, 4.69) is 4.42 Å². The Kier molecular flexibility index (Phi) is 2.34. The summed E-state index contributed by atoms with van der Waals surface area (Å²) in [5, 5.41) is 9.71. The van der Waals surface area contributed by atoms with E-state index in [4.69, 9.17) is 0 Å². The summed E-state index contributed by atoms with van der Waals surface area (Å²) in [4.78, 5) is 10.7. The number of aromatic carboxylic acids is 1. The maximum atomic E-state index is 13.3. The van der Waals surface area contributed by atoms with Crippen molar-refractivity contribution in [2.24, 2.45) is 0 Å². The predicted octanol–water partition coefficient (Wildman–Crippen LogP) is 1.66. The molecule has 2 rings (SSSR count). The summed E-state index contributed by atoms with van der Waals surface area (Å²) in [6.45, 7) is 1.08. The number of carbonyl (C=O) groups excluding carboxylic acids is 1. The normalized spacial score (nSPS) is 11.1. The Balaban J connectivity index is 3.07. The summed E-state index contributed by atoms with van der Waals surface area (Å²) in [5.41, 5.74) is -1.83. The Morgan fingerprint density at radius 2 is 1.59 bits per heavy atom. The number of halogens is 4. The first kappa shape index (κ1) is 11.4. The van der Waals surface area contributed by atoms with Crippen LogP contribution in [0.15, 0.2) is 4.42 Å². The first-order valence-corrected chi connectivity index (χ1v) is 4.32. The summed E-state index contributed by atoms with van der Waals surface area (Å²) in [6.07, 6.45) is 0. The molecule has 1 heterocycles. The predicted molar refractivity (Wildman–Crippen MR) is 45.1 cm³/mol. The van der Waals surface area contributed by atoms with Crippen LogP contribution in [0.1, 0.15) is 16.1 Å². The van der Waals surface area contributed by atoms with Crippen LogP contribution in [0.2, 0.25) is 0 Å². The number of furan rings is 1. The van der Waals surface area contributed by atoms with E-state index >= 15 is 0 Å². The fourth-order valence-corrected chi connectivity index (χ4v) is 1.56. The molecule has 3 nitrogen and oxygen atoms in total. The van der Waals surface area contributed by atoms with Gasteiger partial charge in [0.15, 0.2) is 17.2 Å². The maximum absolute atomic E-state index is 13.3. The minimum absolute atomic E-state index is 0.400. The van der Waals surface area contributed by atoms with Gasteiger partial charge in [-0.05, 0) is 6.92 Å². The summed E-state index contributed by atoms with van der Waals surface area (Å²) >= 11 is 0. The van der Waals surface area contributed by atoms with Gasteiger partial charge in [0.2, 0.25) is 11.6 Å². The van der Waals surface area contributed by atoms with E-state index in [0.717, 1.165) is 6.92 Å². The van der Waals surface area contributed by atoms with Crippen molar-refractivity contribution in [3.8, 4) is 0 Å². The summed E-state index contributed by atoms with van der Waals surface area (Å²) < 4.78 is 56.9. The average Bonchev–Trinajstić information content (AvgIpc) is 2.61. The molecule has 0 spiro atoms. The fraction of sp³-hybridized carbons (Fsp3) is 0.100. The molecule has 0 saturated carbocycles. The number of carbonyl (C=O) groups is 1. The van der Waals surface area contributed by atoms with Gasteiger partial charge < -0.3 is 14.3 Å². The highest BCUT2D eigenvalue weighted by Crippen LogP contribution is 2.32. The van der Waals surface area contributed by atoms with Crippen LogP contribution in [0.3, 0.4) is 0 Å². The lowest BCUT2D eigenvalue weighted by atomic mass is 10.1. The molecule has 2 aromatic rings. The summed E-state index contributed by atoms with van der Waals surface area (Å²) in [6, 6.07) is 0. The molecule has 0 aliphatic carbocycles. The van der Waals surface area contributed by atoms with Gasteiger partial charge in [-0.2, -0.15) is 4.39 Å². The van der Waals surface area contributed by atoms with E-state index in [0.29, 0.717) is 0 Å². The quantitative estimate of drug-likeness (QED) is 0.437. The van der Waals surface area contributed by atoms with E-state index in [1.54, 1.807) is 0 Å². The number of rotatable bonds is 1. The van der Waals surface area contributed by atoms with E-state index < -0.39 is 51.5 Å². The first-order valence-electron chi connectivity index (χ1n) is 4.32. The van der Waals surface area contributed by atoms with E-state index in [9.17, 15) is 27.5 Å². The van der Waals surface area contributed by atoms with Crippen molar-refractivity contribution in [2.75, 3.05) is 0 Å². The van der Waals surface area contributed by atoms with E-state index in [1.165, 1.54) is 0 Å². The van der Waals surface area contributed by atoms with E-state index in [-0.39, 0.29) is 0 Å². The zero-order valence-corrected chi connectivity index (χ0v) is 8.24. The van der Waals surface area contributed by atoms with Gasteiger partial charge in [-0.15, -0.1) is 0 Å². The van der Waals surface area contributed by atoms with Crippen molar-refractivity contribution in [1.29, 1.82) is 0 Å². The SMILES string of the molecule is Cc1oc2c(F)c(F)c(F)c(F)c2c1C(=O)[O-]. The molecule has 1 aromatic heterocycles. The number of carboxylic acids is 1.